The molecule has 1 N–H and O–H groups in total. The number of aromatic carboxylic acids is 1. The number of nitrogens with zero attached hydrogens (tertiary/aromatic N) is 4. The summed E-state index contributed by atoms with van der Waals surface area (Å²) in [5.74, 6) is -0.373. The number of hydrogen-bond acceptors (Lipinski definition) is 5. The fourth-order valence-corrected chi connectivity index (χ4v) is 5.33. The smallest absolute Gasteiger partial charge is 0.335 e. The summed E-state index contributed by atoms with van der Waals surface area (Å²) in [4.78, 5) is 46.0. The number of thiophene rings is 1. The average molecular weight is 535 g/mol. The van der Waals surface area contributed by atoms with Crippen LogP contribution in [0.15, 0.2) is 53.0 Å². The Morgan fingerprint density at radius 2 is 1.84 bits per heavy atom. The molecular weight excluding hydrogens is 500 g/mol. The fraction of sp³-hybridized carbons (Fsp3) is 0.379. The predicted octanol–water partition coefficient (Wildman–Crippen LogP) is 6.20. The molecule has 1 aromatic carbocycles. The van der Waals surface area contributed by atoms with E-state index in [1.165, 1.54) is 4.90 Å². The lowest BCUT2D eigenvalue weighted by Crippen LogP contribution is -2.34. The van der Waals surface area contributed by atoms with Crippen molar-refractivity contribution in [1.82, 2.24) is 19.4 Å². The standard InChI is InChI=1S/C29H34N4O4S/c1-4-6-8-26-30-17-24(32(26)18-21-9-11-22(12-10-21)28(35)36)16-25-27(34)31(14-7-5-2)29(37)33(25)20(3)23-13-15-38-19-23/h9-13,15-17,19-20H,4-8,14,18H2,1-3H3,(H,35,36). The maximum Gasteiger partial charge on any atom is 0.335 e. The fourth-order valence-electron chi connectivity index (χ4n) is 4.58. The van der Waals surface area contributed by atoms with Gasteiger partial charge in [0.1, 0.15) is 11.5 Å². The molecule has 1 aliphatic heterocycles. The van der Waals surface area contributed by atoms with Gasteiger partial charge in [-0.15, -0.1) is 0 Å². The van der Waals surface area contributed by atoms with Crippen molar-refractivity contribution in [3.05, 3.63) is 81.2 Å². The molecule has 0 bridgehead atoms. The van der Waals surface area contributed by atoms with Crippen molar-refractivity contribution in [2.24, 2.45) is 0 Å². The SMILES string of the molecule is CCCCc1ncc(C=C2C(=O)N(CCCC)C(=O)N2C(C)c2ccsc2)n1Cc1ccc(C(=O)O)cc1. The molecular formula is C29H34N4O4S. The van der Waals surface area contributed by atoms with Gasteiger partial charge in [-0.1, -0.05) is 38.8 Å². The van der Waals surface area contributed by atoms with Crippen molar-refractivity contribution in [1.29, 1.82) is 0 Å². The first-order valence-electron chi connectivity index (χ1n) is 13.1. The van der Waals surface area contributed by atoms with Gasteiger partial charge in [0.25, 0.3) is 5.91 Å². The highest BCUT2D eigenvalue weighted by Crippen LogP contribution is 2.34. The van der Waals surface area contributed by atoms with Gasteiger partial charge in [0.05, 0.1) is 23.5 Å². The Labute approximate surface area is 227 Å². The van der Waals surface area contributed by atoms with Crippen molar-refractivity contribution in [3.63, 3.8) is 0 Å². The summed E-state index contributed by atoms with van der Waals surface area (Å²) < 4.78 is 2.05. The maximum absolute atomic E-state index is 13.6. The van der Waals surface area contributed by atoms with E-state index >= 15 is 0 Å². The quantitative estimate of drug-likeness (QED) is 0.220. The molecule has 4 rings (SSSR count). The van der Waals surface area contributed by atoms with Crippen LogP contribution in [-0.2, 0) is 17.8 Å². The van der Waals surface area contributed by atoms with Crippen LogP contribution in [0.25, 0.3) is 6.08 Å². The monoisotopic (exact) mass is 534 g/mol. The van der Waals surface area contributed by atoms with Crippen LogP contribution in [-0.4, -0.2) is 48.9 Å². The number of unbranched alkanes of at least 4 members (excludes halogenated alkanes) is 2. The van der Waals surface area contributed by atoms with Gasteiger partial charge in [0.15, 0.2) is 0 Å². The topological polar surface area (TPSA) is 95.7 Å². The Kier molecular flexibility index (Phi) is 8.78. The lowest BCUT2D eigenvalue weighted by atomic mass is 10.1. The third kappa shape index (κ3) is 5.72. The minimum atomic E-state index is -0.967. The van der Waals surface area contributed by atoms with E-state index in [4.69, 9.17) is 0 Å². The molecule has 3 aromatic rings. The summed E-state index contributed by atoms with van der Waals surface area (Å²) in [7, 11) is 0. The van der Waals surface area contributed by atoms with Crippen LogP contribution in [0.2, 0.25) is 0 Å². The second kappa shape index (κ2) is 12.2. The zero-order valence-electron chi connectivity index (χ0n) is 22.1. The number of aromatic nitrogens is 2. The van der Waals surface area contributed by atoms with Gasteiger partial charge in [-0.05, 0) is 65.9 Å². The highest BCUT2D eigenvalue weighted by Gasteiger charge is 2.43. The van der Waals surface area contributed by atoms with Crippen molar-refractivity contribution in [2.45, 2.75) is 65.5 Å². The number of imide groups is 1. The Morgan fingerprint density at radius 3 is 2.47 bits per heavy atom. The highest BCUT2D eigenvalue weighted by atomic mass is 32.1. The second-order valence-corrected chi connectivity index (χ2v) is 10.3. The summed E-state index contributed by atoms with van der Waals surface area (Å²) in [6.45, 7) is 6.96. The number of aryl methyl sites for hydroxylation is 1. The van der Waals surface area contributed by atoms with Crippen molar-refractivity contribution >= 4 is 35.3 Å². The Morgan fingerprint density at radius 1 is 1.11 bits per heavy atom. The van der Waals surface area contributed by atoms with Crippen LogP contribution in [0, 0.1) is 0 Å². The average Bonchev–Trinajstić information content (AvgIpc) is 3.63. The van der Waals surface area contributed by atoms with E-state index < -0.39 is 5.97 Å². The Hall–Kier alpha value is -3.72. The van der Waals surface area contributed by atoms with Crippen molar-refractivity contribution in [2.75, 3.05) is 6.54 Å². The van der Waals surface area contributed by atoms with E-state index in [1.807, 2.05) is 30.7 Å². The van der Waals surface area contributed by atoms with E-state index in [9.17, 15) is 19.5 Å². The first kappa shape index (κ1) is 27.3. The molecule has 0 spiro atoms. The van der Waals surface area contributed by atoms with Gasteiger partial charge in [-0.25, -0.2) is 14.6 Å². The second-order valence-electron chi connectivity index (χ2n) is 9.52. The third-order valence-electron chi connectivity index (χ3n) is 6.86. The number of carbonyl (C=O) groups is 3. The molecule has 1 unspecified atom stereocenters. The highest BCUT2D eigenvalue weighted by molar-refractivity contribution is 7.08. The Balaban J connectivity index is 1.75. The minimum Gasteiger partial charge on any atom is -0.478 e. The van der Waals surface area contributed by atoms with Crippen molar-refractivity contribution < 1.29 is 19.5 Å². The summed E-state index contributed by atoms with van der Waals surface area (Å²) >= 11 is 1.56. The number of imidazole rings is 1. The van der Waals surface area contributed by atoms with E-state index in [2.05, 4.69) is 16.5 Å². The molecule has 2 aromatic heterocycles. The number of urea groups is 1. The maximum atomic E-state index is 13.6. The van der Waals surface area contributed by atoms with Crippen LogP contribution >= 0.6 is 11.3 Å². The number of carboxylic acid groups (broad SMARTS) is 1. The Bertz CT molecular complexity index is 1310. The molecule has 0 aliphatic carbocycles. The summed E-state index contributed by atoms with van der Waals surface area (Å²) in [5, 5.41) is 13.2. The van der Waals surface area contributed by atoms with Gasteiger partial charge in [-0.2, -0.15) is 11.3 Å². The van der Waals surface area contributed by atoms with Crippen LogP contribution < -0.4 is 0 Å². The number of carbonyl (C=O) groups excluding carboxylic acids is 2. The number of amides is 3. The molecule has 1 fully saturated rings. The summed E-state index contributed by atoms with van der Waals surface area (Å²) in [6, 6.07) is 8.16. The third-order valence-corrected chi connectivity index (χ3v) is 7.56. The first-order chi connectivity index (χ1) is 18.3. The lowest BCUT2D eigenvalue weighted by Gasteiger charge is -2.24. The largest absolute Gasteiger partial charge is 0.478 e. The van der Waals surface area contributed by atoms with E-state index in [1.54, 1.807) is 52.8 Å². The molecule has 9 heteroatoms. The zero-order chi connectivity index (χ0) is 27.2. The molecule has 1 aliphatic rings. The number of benzene rings is 1. The van der Waals surface area contributed by atoms with Crippen LogP contribution in [0.1, 0.15) is 85.5 Å². The molecule has 200 valence electrons. The van der Waals surface area contributed by atoms with Crippen LogP contribution in [0.3, 0.4) is 0 Å². The first-order valence-corrected chi connectivity index (χ1v) is 14.0. The molecule has 38 heavy (non-hydrogen) atoms. The van der Waals surface area contributed by atoms with Crippen LogP contribution in [0.5, 0.6) is 0 Å². The molecule has 1 saturated heterocycles. The minimum absolute atomic E-state index is 0.230. The van der Waals surface area contributed by atoms with Gasteiger partial charge in [0.2, 0.25) is 0 Å². The van der Waals surface area contributed by atoms with Gasteiger partial charge in [-0.3, -0.25) is 14.6 Å². The molecule has 0 saturated carbocycles. The lowest BCUT2D eigenvalue weighted by molar-refractivity contribution is -0.123. The van der Waals surface area contributed by atoms with E-state index in [-0.39, 0.29) is 23.5 Å². The molecule has 3 heterocycles. The van der Waals surface area contributed by atoms with E-state index in [0.29, 0.717) is 18.8 Å². The number of rotatable bonds is 12. The number of hydrogen-bond donors (Lipinski definition) is 1. The molecule has 3 amide bonds. The zero-order valence-corrected chi connectivity index (χ0v) is 22.9. The normalized spacial score (nSPS) is 15.6. The van der Waals surface area contributed by atoms with Crippen LogP contribution in [0.4, 0.5) is 4.79 Å². The molecule has 0 radical (unpaired) electrons. The summed E-state index contributed by atoms with van der Waals surface area (Å²) in [6.07, 6.45) is 7.92. The van der Waals surface area contributed by atoms with Crippen molar-refractivity contribution in [3.8, 4) is 0 Å². The van der Waals surface area contributed by atoms with E-state index in [0.717, 1.165) is 54.7 Å². The van der Waals surface area contributed by atoms with Gasteiger partial charge < -0.3 is 9.67 Å². The van der Waals surface area contributed by atoms with Gasteiger partial charge in [0, 0.05) is 19.5 Å². The summed E-state index contributed by atoms with van der Waals surface area (Å²) in [5.41, 5.74) is 3.21. The van der Waals surface area contributed by atoms with Gasteiger partial charge >= 0.3 is 12.0 Å². The molecule has 1 atom stereocenters. The molecule has 8 nitrogen and oxygen atoms in total. The number of carboxylic acids is 1. The predicted molar refractivity (Wildman–Crippen MR) is 148 cm³/mol.